The predicted molar refractivity (Wildman–Crippen MR) is 87.2 cm³/mol. The molecule has 1 amide bonds. The lowest BCUT2D eigenvalue weighted by Gasteiger charge is -2.37. The summed E-state index contributed by atoms with van der Waals surface area (Å²) in [6.07, 6.45) is -2.13. The lowest BCUT2D eigenvalue weighted by Crippen LogP contribution is -2.51. The predicted octanol–water partition coefficient (Wildman–Crippen LogP) is 1.58. The van der Waals surface area contributed by atoms with Crippen molar-refractivity contribution in [1.82, 2.24) is 14.7 Å². The molecule has 3 heterocycles. The molecule has 0 aromatic rings. The van der Waals surface area contributed by atoms with E-state index in [9.17, 15) is 18.0 Å². The summed E-state index contributed by atoms with van der Waals surface area (Å²) in [6, 6.07) is 0.539. The van der Waals surface area contributed by atoms with Crippen LogP contribution < -0.4 is 0 Å². The molecule has 3 aliphatic heterocycles. The van der Waals surface area contributed by atoms with E-state index in [1.807, 2.05) is 4.90 Å². The van der Waals surface area contributed by atoms with Crippen LogP contribution in [0.15, 0.2) is 0 Å². The van der Waals surface area contributed by atoms with Gasteiger partial charge < -0.3 is 9.64 Å². The Hall–Kier alpha value is -0.860. The highest BCUT2D eigenvalue weighted by Gasteiger charge is 2.41. The van der Waals surface area contributed by atoms with E-state index in [-0.39, 0.29) is 17.9 Å². The van der Waals surface area contributed by atoms with Crippen LogP contribution in [0.25, 0.3) is 0 Å². The van der Waals surface area contributed by atoms with Crippen LogP contribution in [0.1, 0.15) is 26.2 Å². The second kappa shape index (κ2) is 7.80. The van der Waals surface area contributed by atoms with Gasteiger partial charge in [-0.25, -0.2) is 0 Å². The SMILES string of the molecule is C[C@@H]1[C@H](N2CCOCC2)CCN1C(=O)C1CCN(CC(F)(F)F)CC1. The second-order valence-electron chi connectivity index (χ2n) is 7.44. The fraction of sp³-hybridized carbons (Fsp3) is 0.941. The lowest BCUT2D eigenvalue weighted by molar-refractivity contribution is -0.151. The molecule has 3 fully saturated rings. The normalized spacial score (nSPS) is 30.8. The molecule has 0 saturated carbocycles. The summed E-state index contributed by atoms with van der Waals surface area (Å²) in [7, 11) is 0. The van der Waals surface area contributed by atoms with Crippen molar-refractivity contribution in [2.75, 3.05) is 52.5 Å². The Morgan fingerprint density at radius 3 is 2.28 bits per heavy atom. The van der Waals surface area contributed by atoms with Crippen molar-refractivity contribution in [2.24, 2.45) is 5.92 Å². The molecule has 0 bridgehead atoms. The van der Waals surface area contributed by atoms with Gasteiger partial charge in [-0.05, 0) is 39.3 Å². The van der Waals surface area contributed by atoms with E-state index in [0.29, 0.717) is 32.0 Å². The van der Waals surface area contributed by atoms with Crippen LogP contribution in [0.3, 0.4) is 0 Å². The number of morpholine rings is 1. The number of rotatable bonds is 3. The van der Waals surface area contributed by atoms with Crippen LogP contribution in [0.2, 0.25) is 0 Å². The average molecular weight is 363 g/mol. The number of piperidine rings is 1. The van der Waals surface area contributed by atoms with E-state index in [0.717, 1.165) is 39.3 Å². The number of halogens is 3. The minimum Gasteiger partial charge on any atom is -0.379 e. The van der Waals surface area contributed by atoms with Gasteiger partial charge >= 0.3 is 6.18 Å². The number of amides is 1. The molecule has 0 aromatic heterocycles. The first-order valence-corrected chi connectivity index (χ1v) is 9.26. The Morgan fingerprint density at radius 2 is 1.68 bits per heavy atom. The molecule has 0 aliphatic carbocycles. The van der Waals surface area contributed by atoms with E-state index in [2.05, 4.69) is 11.8 Å². The molecular weight excluding hydrogens is 335 g/mol. The van der Waals surface area contributed by atoms with Crippen molar-refractivity contribution in [3.63, 3.8) is 0 Å². The van der Waals surface area contributed by atoms with E-state index in [1.54, 1.807) is 0 Å². The molecule has 8 heteroatoms. The molecule has 0 aromatic carbocycles. The van der Waals surface area contributed by atoms with Gasteiger partial charge in [-0.15, -0.1) is 0 Å². The lowest BCUT2D eigenvalue weighted by atomic mass is 9.95. The Morgan fingerprint density at radius 1 is 1.04 bits per heavy atom. The van der Waals surface area contributed by atoms with Gasteiger partial charge in [0.2, 0.25) is 5.91 Å². The Labute approximate surface area is 147 Å². The summed E-state index contributed by atoms with van der Waals surface area (Å²) >= 11 is 0. The minimum absolute atomic E-state index is 0.129. The van der Waals surface area contributed by atoms with Gasteiger partial charge in [-0.2, -0.15) is 13.2 Å². The highest BCUT2D eigenvalue weighted by atomic mass is 19.4. The highest BCUT2D eigenvalue weighted by Crippen LogP contribution is 2.29. The molecule has 0 N–H and O–H groups in total. The summed E-state index contributed by atoms with van der Waals surface area (Å²) < 4.78 is 42.8. The summed E-state index contributed by atoms with van der Waals surface area (Å²) in [5.74, 6) is 0.00490. The first-order chi connectivity index (χ1) is 11.8. The van der Waals surface area contributed by atoms with E-state index < -0.39 is 12.7 Å². The first kappa shape index (κ1) is 18.9. The molecule has 0 radical (unpaired) electrons. The van der Waals surface area contributed by atoms with E-state index >= 15 is 0 Å². The molecule has 2 atom stereocenters. The number of likely N-dealkylation sites (tertiary alicyclic amines) is 2. The first-order valence-electron chi connectivity index (χ1n) is 9.26. The topological polar surface area (TPSA) is 36.0 Å². The minimum atomic E-state index is -4.16. The smallest absolute Gasteiger partial charge is 0.379 e. The third-order valence-electron chi connectivity index (χ3n) is 5.85. The van der Waals surface area contributed by atoms with Crippen LogP contribution in [-0.4, -0.2) is 91.3 Å². The largest absolute Gasteiger partial charge is 0.401 e. The standard InChI is InChI=1S/C17H28F3N3O2/c1-13-15(22-8-10-25-11-9-22)4-7-23(13)16(24)14-2-5-21(6-3-14)12-17(18,19)20/h13-15H,2-12H2,1H3/t13-,15-/m1/s1. The van der Waals surface area contributed by atoms with Gasteiger partial charge in [0.15, 0.2) is 0 Å². The molecular formula is C17H28F3N3O2. The maximum Gasteiger partial charge on any atom is 0.401 e. The monoisotopic (exact) mass is 363 g/mol. The number of ether oxygens (including phenoxy) is 1. The maximum atomic E-state index is 12.9. The summed E-state index contributed by atoms with van der Waals surface area (Å²) in [5, 5.41) is 0. The van der Waals surface area contributed by atoms with Gasteiger partial charge in [0.05, 0.1) is 19.8 Å². The third-order valence-corrected chi connectivity index (χ3v) is 5.85. The number of carbonyl (C=O) groups excluding carboxylic acids is 1. The molecule has 0 unspecified atom stereocenters. The second-order valence-corrected chi connectivity index (χ2v) is 7.44. The molecule has 25 heavy (non-hydrogen) atoms. The van der Waals surface area contributed by atoms with Crippen LogP contribution in [0, 0.1) is 5.92 Å². The fourth-order valence-corrected chi connectivity index (χ4v) is 4.46. The zero-order valence-corrected chi connectivity index (χ0v) is 14.8. The van der Waals surface area contributed by atoms with Crippen molar-refractivity contribution in [3.8, 4) is 0 Å². The van der Waals surface area contributed by atoms with Crippen molar-refractivity contribution < 1.29 is 22.7 Å². The Balaban J connectivity index is 1.50. The molecule has 3 saturated heterocycles. The molecule has 144 valence electrons. The number of alkyl halides is 3. The van der Waals surface area contributed by atoms with Gasteiger partial charge in [0.25, 0.3) is 0 Å². The third kappa shape index (κ3) is 4.65. The quantitative estimate of drug-likeness (QED) is 0.763. The number of nitrogens with zero attached hydrogens (tertiary/aromatic N) is 3. The number of carbonyl (C=O) groups is 1. The zero-order valence-electron chi connectivity index (χ0n) is 14.8. The molecule has 0 spiro atoms. The fourth-order valence-electron chi connectivity index (χ4n) is 4.46. The van der Waals surface area contributed by atoms with E-state index in [1.165, 1.54) is 4.90 Å². The Kier molecular flexibility index (Phi) is 5.90. The van der Waals surface area contributed by atoms with Crippen LogP contribution in [0.5, 0.6) is 0 Å². The van der Waals surface area contributed by atoms with Gasteiger partial charge in [0, 0.05) is 37.6 Å². The van der Waals surface area contributed by atoms with Gasteiger partial charge in [0.1, 0.15) is 0 Å². The van der Waals surface area contributed by atoms with Crippen LogP contribution in [0.4, 0.5) is 13.2 Å². The average Bonchev–Trinajstić information content (AvgIpc) is 2.96. The van der Waals surface area contributed by atoms with Crippen molar-refractivity contribution >= 4 is 5.91 Å². The van der Waals surface area contributed by atoms with Crippen molar-refractivity contribution in [1.29, 1.82) is 0 Å². The van der Waals surface area contributed by atoms with Crippen molar-refractivity contribution in [3.05, 3.63) is 0 Å². The zero-order chi connectivity index (χ0) is 18.0. The highest BCUT2D eigenvalue weighted by molar-refractivity contribution is 5.79. The van der Waals surface area contributed by atoms with Crippen LogP contribution >= 0.6 is 0 Å². The summed E-state index contributed by atoms with van der Waals surface area (Å²) in [6.45, 7) is 6.00. The summed E-state index contributed by atoms with van der Waals surface area (Å²) in [4.78, 5) is 18.7. The van der Waals surface area contributed by atoms with Gasteiger partial charge in [-0.1, -0.05) is 0 Å². The maximum absolute atomic E-state index is 12.9. The van der Waals surface area contributed by atoms with Gasteiger partial charge in [-0.3, -0.25) is 14.6 Å². The molecule has 3 aliphatic rings. The van der Waals surface area contributed by atoms with Crippen LogP contribution in [-0.2, 0) is 9.53 Å². The number of hydrogen-bond acceptors (Lipinski definition) is 4. The number of hydrogen-bond donors (Lipinski definition) is 0. The summed E-state index contributed by atoms with van der Waals surface area (Å²) in [5.41, 5.74) is 0. The van der Waals surface area contributed by atoms with E-state index in [4.69, 9.17) is 4.74 Å². The Bertz CT molecular complexity index is 461. The van der Waals surface area contributed by atoms with Crippen molar-refractivity contribution in [2.45, 2.75) is 44.4 Å². The molecule has 5 nitrogen and oxygen atoms in total. The molecule has 3 rings (SSSR count).